The summed E-state index contributed by atoms with van der Waals surface area (Å²) in [6.07, 6.45) is 3.66. The average molecular weight is 309 g/mol. The Bertz CT molecular complexity index is 790. The van der Waals surface area contributed by atoms with Crippen molar-refractivity contribution in [2.75, 3.05) is 7.05 Å². The molecule has 6 heteroatoms. The highest BCUT2D eigenvalue weighted by Crippen LogP contribution is 2.18. The Morgan fingerprint density at radius 1 is 1.22 bits per heavy atom. The molecule has 0 fully saturated rings. The SMILES string of the molecule is C=Cn1cc(CN(C)Cc2nnc(-c3ccccc3)o2)c(C)n1. The number of aryl methyl sites for hydroxylation is 1. The van der Waals surface area contributed by atoms with E-state index in [1.165, 1.54) is 0 Å². The van der Waals surface area contributed by atoms with Crippen molar-refractivity contribution in [1.29, 1.82) is 0 Å². The first-order valence-electron chi connectivity index (χ1n) is 7.39. The summed E-state index contributed by atoms with van der Waals surface area (Å²) in [6.45, 7) is 7.04. The van der Waals surface area contributed by atoms with Crippen LogP contribution in [0.3, 0.4) is 0 Å². The van der Waals surface area contributed by atoms with Gasteiger partial charge < -0.3 is 4.42 Å². The maximum atomic E-state index is 5.73. The summed E-state index contributed by atoms with van der Waals surface area (Å²) in [5, 5.41) is 12.6. The van der Waals surface area contributed by atoms with E-state index in [4.69, 9.17) is 4.42 Å². The molecule has 0 N–H and O–H groups in total. The minimum atomic E-state index is 0.546. The predicted molar refractivity (Wildman–Crippen MR) is 88.3 cm³/mol. The van der Waals surface area contributed by atoms with Gasteiger partial charge in [-0.2, -0.15) is 5.10 Å². The van der Waals surface area contributed by atoms with E-state index in [1.54, 1.807) is 10.9 Å². The molecule has 23 heavy (non-hydrogen) atoms. The number of aromatic nitrogens is 4. The second-order valence-corrected chi connectivity index (χ2v) is 5.44. The standard InChI is InChI=1S/C17H19N5O/c1-4-22-11-15(13(2)20-22)10-21(3)12-16-18-19-17(23-16)14-8-6-5-7-9-14/h4-9,11H,1,10,12H2,2-3H3. The molecule has 0 bridgehead atoms. The molecule has 6 nitrogen and oxygen atoms in total. The molecule has 0 amide bonds. The van der Waals surface area contributed by atoms with Crippen molar-refractivity contribution < 1.29 is 4.42 Å². The molecule has 0 atom stereocenters. The number of rotatable bonds is 6. The van der Waals surface area contributed by atoms with Crippen LogP contribution in [0, 0.1) is 6.92 Å². The summed E-state index contributed by atoms with van der Waals surface area (Å²) < 4.78 is 7.45. The van der Waals surface area contributed by atoms with Crippen molar-refractivity contribution >= 4 is 6.20 Å². The summed E-state index contributed by atoms with van der Waals surface area (Å²) >= 11 is 0. The Kier molecular flexibility index (Phi) is 4.34. The van der Waals surface area contributed by atoms with Crippen LogP contribution in [0.4, 0.5) is 0 Å². The van der Waals surface area contributed by atoms with Crippen LogP contribution in [0.2, 0.25) is 0 Å². The monoisotopic (exact) mass is 309 g/mol. The molecule has 0 radical (unpaired) electrons. The molecule has 1 aromatic carbocycles. The van der Waals surface area contributed by atoms with Gasteiger partial charge in [0.05, 0.1) is 12.2 Å². The molecule has 0 aliphatic carbocycles. The van der Waals surface area contributed by atoms with Crippen molar-refractivity contribution in [1.82, 2.24) is 24.9 Å². The van der Waals surface area contributed by atoms with Crippen LogP contribution >= 0.6 is 0 Å². The average Bonchev–Trinajstić information content (AvgIpc) is 3.15. The molecule has 2 aromatic heterocycles. The molecular formula is C17H19N5O. The highest BCUT2D eigenvalue weighted by Gasteiger charge is 2.12. The Morgan fingerprint density at radius 3 is 2.70 bits per heavy atom. The van der Waals surface area contributed by atoms with Crippen molar-refractivity contribution in [3.63, 3.8) is 0 Å². The van der Waals surface area contributed by atoms with Gasteiger partial charge in [-0.05, 0) is 26.1 Å². The fourth-order valence-electron chi connectivity index (χ4n) is 2.36. The van der Waals surface area contributed by atoms with E-state index < -0.39 is 0 Å². The van der Waals surface area contributed by atoms with Gasteiger partial charge in [-0.1, -0.05) is 24.8 Å². The van der Waals surface area contributed by atoms with E-state index in [9.17, 15) is 0 Å². The van der Waals surface area contributed by atoms with Gasteiger partial charge in [0.25, 0.3) is 0 Å². The largest absolute Gasteiger partial charge is 0.419 e. The third-order valence-corrected chi connectivity index (χ3v) is 3.54. The zero-order valence-corrected chi connectivity index (χ0v) is 13.3. The first-order valence-corrected chi connectivity index (χ1v) is 7.39. The molecule has 0 saturated carbocycles. The minimum Gasteiger partial charge on any atom is -0.419 e. The fourth-order valence-corrected chi connectivity index (χ4v) is 2.36. The lowest BCUT2D eigenvalue weighted by molar-refractivity contribution is 0.282. The van der Waals surface area contributed by atoms with E-state index in [1.807, 2.05) is 50.5 Å². The zero-order valence-electron chi connectivity index (χ0n) is 13.3. The highest BCUT2D eigenvalue weighted by atomic mass is 16.4. The van der Waals surface area contributed by atoms with Gasteiger partial charge in [0, 0.05) is 30.1 Å². The quantitative estimate of drug-likeness (QED) is 0.700. The van der Waals surface area contributed by atoms with Crippen molar-refractivity contribution in [3.8, 4) is 11.5 Å². The van der Waals surface area contributed by atoms with Crippen molar-refractivity contribution in [2.45, 2.75) is 20.0 Å². The lowest BCUT2D eigenvalue weighted by Gasteiger charge is -2.13. The number of nitrogens with zero attached hydrogens (tertiary/aromatic N) is 5. The first-order chi connectivity index (χ1) is 11.2. The van der Waals surface area contributed by atoms with Gasteiger partial charge in [0.1, 0.15) is 0 Å². The van der Waals surface area contributed by atoms with E-state index in [-0.39, 0.29) is 0 Å². The molecule has 0 spiro atoms. The Morgan fingerprint density at radius 2 is 2.00 bits per heavy atom. The van der Waals surface area contributed by atoms with Gasteiger partial charge >= 0.3 is 0 Å². The topological polar surface area (TPSA) is 60.0 Å². The van der Waals surface area contributed by atoms with Gasteiger partial charge in [-0.25, -0.2) is 4.68 Å². The maximum Gasteiger partial charge on any atom is 0.247 e. The number of benzene rings is 1. The van der Waals surface area contributed by atoms with Gasteiger partial charge in [0.2, 0.25) is 11.8 Å². The molecule has 3 aromatic rings. The molecule has 0 unspecified atom stereocenters. The first kappa shape index (κ1) is 15.2. The van der Waals surface area contributed by atoms with E-state index >= 15 is 0 Å². The van der Waals surface area contributed by atoms with Crippen LogP contribution in [-0.4, -0.2) is 31.9 Å². The normalized spacial score (nSPS) is 11.1. The highest BCUT2D eigenvalue weighted by molar-refractivity contribution is 5.51. The fraction of sp³-hybridized carbons (Fsp3) is 0.235. The van der Waals surface area contributed by atoms with Gasteiger partial charge in [-0.3, -0.25) is 4.90 Å². The molecule has 118 valence electrons. The number of hydrogen-bond donors (Lipinski definition) is 0. The lowest BCUT2D eigenvalue weighted by Crippen LogP contribution is -2.17. The molecule has 0 aliphatic rings. The predicted octanol–water partition coefficient (Wildman–Crippen LogP) is 2.97. The van der Waals surface area contributed by atoms with Crippen LogP contribution in [0.25, 0.3) is 17.7 Å². The van der Waals surface area contributed by atoms with E-state index in [0.29, 0.717) is 18.3 Å². The Hall–Kier alpha value is -2.73. The molecular weight excluding hydrogens is 290 g/mol. The second kappa shape index (κ2) is 6.58. The summed E-state index contributed by atoms with van der Waals surface area (Å²) in [4.78, 5) is 2.11. The van der Waals surface area contributed by atoms with Gasteiger partial charge in [-0.15, -0.1) is 10.2 Å². The maximum absolute atomic E-state index is 5.73. The third-order valence-electron chi connectivity index (χ3n) is 3.54. The smallest absolute Gasteiger partial charge is 0.247 e. The van der Waals surface area contributed by atoms with Crippen LogP contribution in [0.15, 0.2) is 47.5 Å². The zero-order chi connectivity index (χ0) is 16.2. The molecule has 3 rings (SSSR count). The van der Waals surface area contributed by atoms with E-state index in [0.717, 1.165) is 23.4 Å². The van der Waals surface area contributed by atoms with Crippen molar-refractivity contribution in [2.24, 2.45) is 0 Å². The number of hydrogen-bond acceptors (Lipinski definition) is 5. The molecule has 2 heterocycles. The summed E-state index contributed by atoms with van der Waals surface area (Å²) in [5.41, 5.74) is 3.07. The van der Waals surface area contributed by atoms with Crippen molar-refractivity contribution in [3.05, 3.63) is 60.3 Å². The minimum absolute atomic E-state index is 0.546. The van der Waals surface area contributed by atoms with E-state index in [2.05, 4.69) is 26.8 Å². The molecule has 0 saturated heterocycles. The van der Waals surface area contributed by atoms with Crippen LogP contribution < -0.4 is 0 Å². The molecule has 0 aliphatic heterocycles. The van der Waals surface area contributed by atoms with Crippen LogP contribution in [0.1, 0.15) is 17.1 Å². The second-order valence-electron chi connectivity index (χ2n) is 5.44. The Labute approximate surface area is 135 Å². The third kappa shape index (κ3) is 3.54. The Balaban J connectivity index is 1.66. The van der Waals surface area contributed by atoms with Crippen LogP contribution in [0.5, 0.6) is 0 Å². The summed E-state index contributed by atoms with van der Waals surface area (Å²) in [7, 11) is 2.01. The van der Waals surface area contributed by atoms with Crippen LogP contribution in [-0.2, 0) is 13.1 Å². The lowest BCUT2D eigenvalue weighted by atomic mass is 10.2. The summed E-state index contributed by atoms with van der Waals surface area (Å²) in [6, 6.07) is 9.76. The van der Waals surface area contributed by atoms with Gasteiger partial charge in [0.15, 0.2) is 0 Å². The summed E-state index contributed by atoms with van der Waals surface area (Å²) in [5.74, 6) is 1.14.